The van der Waals surface area contributed by atoms with Gasteiger partial charge in [0.25, 0.3) is 0 Å². The Bertz CT molecular complexity index is 323. The third-order valence-electron chi connectivity index (χ3n) is 1.54. The van der Waals surface area contributed by atoms with Crippen molar-refractivity contribution >= 4 is 5.97 Å². The zero-order valence-corrected chi connectivity index (χ0v) is 7.25. The summed E-state index contributed by atoms with van der Waals surface area (Å²) >= 11 is 0. The monoisotopic (exact) mass is 198 g/mol. The molecule has 0 aliphatic heterocycles. The molecule has 0 heterocycles. The first-order valence-electron chi connectivity index (χ1n) is 3.93. The van der Waals surface area contributed by atoms with Crippen molar-refractivity contribution in [3.63, 3.8) is 0 Å². The molecule has 0 saturated heterocycles. The van der Waals surface area contributed by atoms with Crippen LogP contribution in [0, 0.1) is 0 Å². The summed E-state index contributed by atoms with van der Waals surface area (Å²) < 4.78 is 4.78. The summed E-state index contributed by atoms with van der Waals surface area (Å²) in [5.74, 6) is -1.12. The van der Waals surface area contributed by atoms with Crippen LogP contribution in [0.25, 0.3) is 0 Å². The maximum absolute atomic E-state index is 10.7. The molecule has 0 radical (unpaired) electrons. The number of aromatic carboxylic acids is 1. The first-order chi connectivity index (χ1) is 6.65. The summed E-state index contributed by atoms with van der Waals surface area (Å²) in [7, 11) is 0. The highest BCUT2D eigenvalue weighted by atomic mass is 16.6. The molecule has 0 aromatic heterocycles. The largest absolute Gasteiger partial charge is 0.478 e. The summed E-state index contributed by atoms with van der Waals surface area (Å²) in [4.78, 5) is 10.7. The van der Waals surface area contributed by atoms with Gasteiger partial charge in [-0.15, -0.1) is 0 Å². The van der Waals surface area contributed by atoms with Crippen LogP contribution in [0.1, 0.15) is 10.4 Å². The van der Waals surface area contributed by atoms with Crippen LogP contribution in [-0.2, 0) is 0 Å². The fraction of sp³-hybridized carbons (Fsp3) is 0.222. The van der Waals surface area contributed by atoms with Gasteiger partial charge < -0.3 is 20.1 Å². The lowest BCUT2D eigenvalue weighted by Gasteiger charge is -2.12. The number of aliphatic hydroxyl groups excluding tert-OH is 2. The second-order valence-electron chi connectivity index (χ2n) is 2.56. The van der Waals surface area contributed by atoms with Crippen molar-refractivity contribution in [1.82, 2.24) is 0 Å². The summed E-state index contributed by atoms with van der Waals surface area (Å²) in [5.41, 5.74) is -0.0556. The molecular weight excluding hydrogens is 188 g/mol. The molecule has 1 rings (SSSR count). The summed E-state index contributed by atoms with van der Waals surface area (Å²) in [6, 6.07) is 5.87. The van der Waals surface area contributed by atoms with Crippen molar-refractivity contribution in [3.8, 4) is 5.75 Å². The normalized spacial score (nSPS) is 12.1. The van der Waals surface area contributed by atoms with Gasteiger partial charge in [0.2, 0.25) is 6.29 Å². The average Bonchev–Trinajstić information content (AvgIpc) is 2.18. The fourth-order valence-corrected chi connectivity index (χ4v) is 0.930. The topological polar surface area (TPSA) is 87.0 Å². The number of para-hydroxylation sites is 1. The molecule has 76 valence electrons. The number of rotatable bonds is 4. The quantitative estimate of drug-likeness (QED) is 0.596. The van der Waals surface area contributed by atoms with E-state index in [1.165, 1.54) is 12.1 Å². The van der Waals surface area contributed by atoms with E-state index in [4.69, 9.17) is 20.1 Å². The SMILES string of the molecule is O=C(O)c1ccccc1OC(O)CO. The Kier molecular flexibility index (Phi) is 3.44. The lowest BCUT2D eigenvalue weighted by molar-refractivity contribution is -0.0552. The Morgan fingerprint density at radius 3 is 2.64 bits per heavy atom. The van der Waals surface area contributed by atoms with Crippen LogP contribution < -0.4 is 4.74 Å². The van der Waals surface area contributed by atoms with Crippen molar-refractivity contribution < 1.29 is 24.9 Å². The molecule has 1 aromatic carbocycles. The predicted molar refractivity (Wildman–Crippen MR) is 47.1 cm³/mol. The number of aliphatic hydroxyl groups is 2. The first-order valence-corrected chi connectivity index (χ1v) is 3.93. The van der Waals surface area contributed by atoms with E-state index in [0.29, 0.717) is 0 Å². The summed E-state index contributed by atoms with van der Waals surface area (Å²) in [5, 5.41) is 26.2. The first kappa shape index (κ1) is 10.5. The average molecular weight is 198 g/mol. The number of carbonyl (C=O) groups is 1. The molecule has 14 heavy (non-hydrogen) atoms. The van der Waals surface area contributed by atoms with Crippen LogP contribution >= 0.6 is 0 Å². The van der Waals surface area contributed by atoms with Crippen LogP contribution in [0.5, 0.6) is 5.75 Å². The van der Waals surface area contributed by atoms with E-state index in [2.05, 4.69) is 0 Å². The smallest absolute Gasteiger partial charge is 0.339 e. The molecule has 3 N–H and O–H groups in total. The molecule has 0 saturated carbocycles. The number of hydrogen-bond donors (Lipinski definition) is 3. The Morgan fingerprint density at radius 2 is 2.07 bits per heavy atom. The number of ether oxygens (including phenoxy) is 1. The highest BCUT2D eigenvalue weighted by molar-refractivity contribution is 5.90. The predicted octanol–water partition coefficient (Wildman–Crippen LogP) is 0.0743. The molecule has 5 heteroatoms. The van der Waals surface area contributed by atoms with Crippen LogP contribution in [0.4, 0.5) is 0 Å². The van der Waals surface area contributed by atoms with Crippen LogP contribution in [0.2, 0.25) is 0 Å². The standard InChI is InChI=1S/C9H10O5/c10-5-8(11)14-7-4-2-1-3-6(7)9(12)13/h1-4,8,10-11H,5H2,(H,12,13). The van der Waals surface area contributed by atoms with Gasteiger partial charge in [0.05, 0.1) is 0 Å². The van der Waals surface area contributed by atoms with E-state index in [-0.39, 0.29) is 11.3 Å². The fourth-order valence-electron chi connectivity index (χ4n) is 0.930. The number of carboxylic acid groups (broad SMARTS) is 1. The lowest BCUT2D eigenvalue weighted by atomic mass is 10.2. The van der Waals surface area contributed by atoms with Gasteiger partial charge in [-0.1, -0.05) is 12.1 Å². The van der Waals surface area contributed by atoms with Crippen molar-refractivity contribution in [2.45, 2.75) is 6.29 Å². The summed E-state index contributed by atoms with van der Waals surface area (Å²) in [6.07, 6.45) is -1.41. The van der Waals surface area contributed by atoms with Gasteiger partial charge in [0, 0.05) is 0 Å². The highest BCUT2D eigenvalue weighted by Gasteiger charge is 2.12. The Morgan fingerprint density at radius 1 is 1.43 bits per heavy atom. The number of carboxylic acids is 1. The molecule has 1 atom stereocenters. The Labute approximate surface area is 80.2 Å². The van der Waals surface area contributed by atoms with Gasteiger partial charge in [-0.2, -0.15) is 0 Å². The zero-order chi connectivity index (χ0) is 10.6. The minimum atomic E-state index is -1.41. The van der Waals surface area contributed by atoms with Crippen molar-refractivity contribution in [2.24, 2.45) is 0 Å². The van der Waals surface area contributed by atoms with E-state index in [0.717, 1.165) is 0 Å². The number of benzene rings is 1. The molecule has 0 spiro atoms. The number of hydrogen-bond acceptors (Lipinski definition) is 4. The van der Waals surface area contributed by atoms with Crippen LogP contribution in [0.3, 0.4) is 0 Å². The van der Waals surface area contributed by atoms with E-state index < -0.39 is 18.9 Å². The third kappa shape index (κ3) is 2.45. The van der Waals surface area contributed by atoms with Crippen LogP contribution in [0.15, 0.2) is 24.3 Å². The van der Waals surface area contributed by atoms with Crippen molar-refractivity contribution in [2.75, 3.05) is 6.61 Å². The minimum Gasteiger partial charge on any atom is -0.478 e. The van der Waals surface area contributed by atoms with Gasteiger partial charge in [-0.25, -0.2) is 4.79 Å². The molecule has 0 amide bonds. The molecule has 0 aliphatic rings. The highest BCUT2D eigenvalue weighted by Crippen LogP contribution is 2.18. The molecule has 1 unspecified atom stereocenters. The van der Waals surface area contributed by atoms with Gasteiger partial charge in [-0.3, -0.25) is 0 Å². The van der Waals surface area contributed by atoms with Crippen molar-refractivity contribution in [3.05, 3.63) is 29.8 Å². The lowest BCUT2D eigenvalue weighted by Crippen LogP contribution is -2.21. The van der Waals surface area contributed by atoms with Gasteiger partial charge in [-0.05, 0) is 12.1 Å². The van der Waals surface area contributed by atoms with Gasteiger partial charge >= 0.3 is 5.97 Å². The molecule has 0 aliphatic carbocycles. The maximum Gasteiger partial charge on any atom is 0.339 e. The summed E-state index contributed by atoms with van der Waals surface area (Å²) in [6.45, 7) is -0.589. The van der Waals surface area contributed by atoms with Gasteiger partial charge in [0.15, 0.2) is 0 Å². The van der Waals surface area contributed by atoms with E-state index in [9.17, 15) is 4.79 Å². The maximum atomic E-state index is 10.7. The minimum absolute atomic E-state index is 0.0292. The molecule has 0 bridgehead atoms. The van der Waals surface area contributed by atoms with Gasteiger partial charge in [0.1, 0.15) is 17.9 Å². The second kappa shape index (κ2) is 4.59. The molecule has 5 nitrogen and oxygen atoms in total. The van der Waals surface area contributed by atoms with E-state index in [1.54, 1.807) is 12.1 Å². The molecular formula is C9H10O5. The zero-order valence-electron chi connectivity index (χ0n) is 7.25. The Hall–Kier alpha value is -1.59. The van der Waals surface area contributed by atoms with Crippen LogP contribution in [-0.4, -0.2) is 34.2 Å². The molecule has 1 aromatic rings. The third-order valence-corrected chi connectivity index (χ3v) is 1.54. The second-order valence-corrected chi connectivity index (χ2v) is 2.56. The molecule has 0 fully saturated rings. The van der Waals surface area contributed by atoms with E-state index >= 15 is 0 Å². The van der Waals surface area contributed by atoms with E-state index in [1.807, 2.05) is 0 Å². The van der Waals surface area contributed by atoms with Crippen molar-refractivity contribution in [1.29, 1.82) is 0 Å². The Balaban J connectivity index is 2.90.